The van der Waals surface area contributed by atoms with Crippen LogP contribution in [0.4, 0.5) is 0 Å². The lowest BCUT2D eigenvalue weighted by molar-refractivity contribution is -0.887. The molecule has 0 saturated carbocycles. The number of unbranched alkanes of at least 4 members (excludes halogenated alkanes) is 10. The molecule has 0 aliphatic rings. The zero-order valence-electron chi connectivity index (χ0n) is 36.8. The van der Waals surface area contributed by atoms with Crippen LogP contribution in [0, 0.1) is 0 Å². The molecule has 0 aromatic heterocycles. The van der Waals surface area contributed by atoms with Gasteiger partial charge >= 0.3 is 17.9 Å². The normalized spacial score (nSPS) is 13.8. The number of carboxylic acid groups (broad SMARTS) is 1. The SMILES string of the molecule is CC/C=C/C/C=C/C/C=C/C/C=C/CCCCCCCCC(=O)OC(COCCC(C(=O)O)[N+](C)(C)C)COC(=O)CCCCCC/C=C/C/C=C/C/C=C/CC. The predicted octanol–water partition coefficient (Wildman–Crippen LogP) is 12.1. The first kappa shape index (κ1) is 53.5. The summed E-state index contributed by atoms with van der Waals surface area (Å²) in [5.74, 6) is -1.53. The van der Waals surface area contributed by atoms with Crippen LogP contribution in [0.25, 0.3) is 0 Å². The predicted molar refractivity (Wildman–Crippen MR) is 238 cm³/mol. The smallest absolute Gasteiger partial charge is 0.362 e. The lowest BCUT2D eigenvalue weighted by Gasteiger charge is -2.31. The number of carbonyl (C=O) groups excluding carboxylic acids is 2. The van der Waals surface area contributed by atoms with Gasteiger partial charge < -0.3 is 23.8 Å². The molecular formula is C49H82NO7+. The van der Waals surface area contributed by atoms with E-state index in [0.29, 0.717) is 19.3 Å². The monoisotopic (exact) mass is 797 g/mol. The lowest BCUT2D eigenvalue weighted by Crippen LogP contribution is -2.50. The first-order valence-electron chi connectivity index (χ1n) is 22.1. The number of carboxylic acids is 1. The highest BCUT2D eigenvalue weighted by Gasteiger charge is 2.31. The van der Waals surface area contributed by atoms with Gasteiger partial charge in [-0.05, 0) is 83.5 Å². The van der Waals surface area contributed by atoms with Crippen LogP contribution in [-0.4, -0.2) is 80.6 Å². The third-order valence-electron chi connectivity index (χ3n) is 9.29. The Balaban J connectivity index is 4.41. The second-order valence-corrected chi connectivity index (χ2v) is 15.5. The number of rotatable bonds is 38. The average molecular weight is 797 g/mol. The molecule has 0 fully saturated rings. The van der Waals surface area contributed by atoms with Crippen molar-refractivity contribution >= 4 is 17.9 Å². The van der Waals surface area contributed by atoms with Crippen molar-refractivity contribution in [1.82, 2.24) is 0 Å². The van der Waals surface area contributed by atoms with E-state index in [-0.39, 0.29) is 36.2 Å². The highest BCUT2D eigenvalue weighted by molar-refractivity contribution is 5.72. The number of likely N-dealkylation sites (N-methyl/N-ethyl adjacent to an activating group) is 1. The van der Waals surface area contributed by atoms with Crippen LogP contribution in [-0.2, 0) is 28.6 Å². The van der Waals surface area contributed by atoms with E-state index in [4.69, 9.17) is 14.2 Å². The second-order valence-electron chi connectivity index (χ2n) is 15.5. The summed E-state index contributed by atoms with van der Waals surface area (Å²) in [6, 6.07) is -0.625. The van der Waals surface area contributed by atoms with Crippen molar-refractivity contribution in [2.45, 2.75) is 167 Å². The molecule has 0 aliphatic heterocycles. The quantitative estimate of drug-likeness (QED) is 0.0287. The van der Waals surface area contributed by atoms with Gasteiger partial charge in [-0.25, -0.2) is 4.79 Å². The summed E-state index contributed by atoms with van der Waals surface area (Å²) in [6.07, 6.45) is 50.5. The standard InChI is InChI=1S/C49H81NO7/c1-6-8-10-12-14-16-18-20-22-23-24-25-26-28-30-32-34-36-38-40-48(52)57-45(43-55-42-41-46(49(53)54)50(3,4)5)44-56-47(51)39-37-35-33-31-29-27-21-19-17-15-13-11-9-7-2/h8-11,14-17,20-22,24-25,27,45-46H,6-7,12-13,18-19,23,26,28-44H2,1-5H3/p+1/b10-8+,11-9+,16-14+,17-15+,22-20+,25-24+,27-21+. The zero-order chi connectivity index (χ0) is 42.1. The topological polar surface area (TPSA) is 99.1 Å². The minimum atomic E-state index is -0.885. The van der Waals surface area contributed by atoms with Crippen LogP contribution in [0.1, 0.15) is 155 Å². The van der Waals surface area contributed by atoms with Gasteiger partial charge in [0.25, 0.3) is 0 Å². The van der Waals surface area contributed by atoms with E-state index in [1.54, 1.807) is 0 Å². The molecule has 8 heteroatoms. The fourth-order valence-electron chi connectivity index (χ4n) is 5.92. The second kappa shape index (κ2) is 39.3. The Morgan fingerprint density at radius 1 is 0.526 bits per heavy atom. The first-order valence-corrected chi connectivity index (χ1v) is 22.1. The molecule has 1 N–H and O–H groups in total. The maximum absolute atomic E-state index is 12.7. The molecule has 2 atom stereocenters. The molecule has 0 radical (unpaired) electrons. The van der Waals surface area contributed by atoms with Gasteiger partial charge in [-0.15, -0.1) is 0 Å². The van der Waals surface area contributed by atoms with E-state index in [9.17, 15) is 19.5 Å². The van der Waals surface area contributed by atoms with Crippen molar-refractivity contribution in [3.8, 4) is 0 Å². The number of carbonyl (C=O) groups is 3. The fourth-order valence-corrected chi connectivity index (χ4v) is 5.92. The molecule has 0 bridgehead atoms. The van der Waals surface area contributed by atoms with Crippen molar-refractivity contribution in [2.75, 3.05) is 41.0 Å². The van der Waals surface area contributed by atoms with Gasteiger partial charge in [-0.3, -0.25) is 9.59 Å². The molecule has 0 saturated heterocycles. The minimum absolute atomic E-state index is 0.0427. The van der Waals surface area contributed by atoms with Crippen LogP contribution in [0.2, 0.25) is 0 Å². The summed E-state index contributed by atoms with van der Waals surface area (Å²) in [5, 5.41) is 9.62. The molecule has 57 heavy (non-hydrogen) atoms. The van der Waals surface area contributed by atoms with E-state index in [1.165, 1.54) is 12.8 Å². The summed E-state index contributed by atoms with van der Waals surface area (Å²) in [5.41, 5.74) is 0. The van der Waals surface area contributed by atoms with Gasteiger partial charge in [0.05, 0.1) is 34.4 Å². The third-order valence-corrected chi connectivity index (χ3v) is 9.29. The summed E-state index contributed by atoms with van der Waals surface area (Å²) in [4.78, 5) is 37.0. The third kappa shape index (κ3) is 37.8. The Labute approximate surface area is 348 Å². The minimum Gasteiger partial charge on any atom is -0.477 e. The Morgan fingerprint density at radius 2 is 0.930 bits per heavy atom. The van der Waals surface area contributed by atoms with E-state index >= 15 is 0 Å². The molecule has 324 valence electrons. The molecule has 0 aromatic carbocycles. The van der Waals surface area contributed by atoms with Gasteiger partial charge in [-0.2, -0.15) is 0 Å². The van der Waals surface area contributed by atoms with Crippen LogP contribution < -0.4 is 0 Å². The molecule has 0 aliphatic carbocycles. The number of hydrogen-bond acceptors (Lipinski definition) is 6. The molecular weight excluding hydrogens is 715 g/mol. The van der Waals surface area contributed by atoms with Crippen LogP contribution >= 0.6 is 0 Å². The number of quaternary nitrogens is 1. The van der Waals surface area contributed by atoms with E-state index in [0.717, 1.165) is 109 Å². The number of ether oxygens (including phenoxy) is 3. The number of aliphatic carboxylic acids is 1. The highest BCUT2D eigenvalue weighted by Crippen LogP contribution is 2.13. The van der Waals surface area contributed by atoms with Gasteiger partial charge in [0.1, 0.15) is 6.61 Å². The summed E-state index contributed by atoms with van der Waals surface area (Å²) >= 11 is 0. The summed E-state index contributed by atoms with van der Waals surface area (Å²) in [6.45, 7) is 4.45. The van der Waals surface area contributed by atoms with Crippen molar-refractivity contribution in [3.63, 3.8) is 0 Å². The Bertz CT molecular complexity index is 1200. The zero-order valence-corrected chi connectivity index (χ0v) is 36.8. The molecule has 8 nitrogen and oxygen atoms in total. The number of hydrogen-bond donors (Lipinski definition) is 1. The lowest BCUT2D eigenvalue weighted by atomic mass is 10.1. The molecule has 0 aromatic rings. The fraction of sp³-hybridized carbons (Fsp3) is 0.653. The molecule has 0 spiro atoms. The Morgan fingerprint density at radius 3 is 1.37 bits per heavy atom. The largest absolute Gasteiger partial charge is 0.477 e. The highest BCUT2D eigenvalue weighted by atomic mass is 16.6. The van der Waals surface area contributed by atoms with Crippen molar-refractivity contribution in [1.29, 1.82) is 0 Å². The van der Waals surface area contributed by atoms with Gasteiger partial charge in [0.15, 0.2) is 12.1 Å². The van der Waals surface area contributed by atoms with Gasteiger partial charge in [-0.1, -0.05) is 137 Å². The van der Waals surface area contributed by atoms with E-state index < -0.39 is 18.1 Å². The van der Waals surface area contributed by atoms with Crippen molar-refractivity contribution in [2.24, 2.45) is 0 Å². The van der Waals surface area contributed by atoms with Crippen LogP contribution in [0.3, 0.4) is 0 Å². The van der Waals surface area contributed by atoms with Gasteiger partial charge in [0.2, 0.25) is 0 Å². The maximum atomic E-state index is 12.7. The van der Waals surface area contributed by atoms with Crippen molar-refractivity contribution in [3.05, 3.63) is 85.1 Å². The number of esters is 2. The van der Waals surface area contributed by atoms with Crippen molar-refractivity contribution < 1.29 is 38.2 Å². The number of allylic oxidation sites excluding steroid dienone is 14. The molecule has 0 rings (SSSR count). The summed E-state index contributed by atoms with van der Waals surface area (Å²) < 4.78 is 17.2. The summed E-state index contributed by atoms with van der Waals surface area (Å²) in [7, 11) is 5.50. The van der Waals surface area contributed by atoms with E-state index in [2.05, 4.69) is 98.9 Å². The molecule has 2 unspecified atom stereocenters. The number of nitrogens with zero attached hydrogens (tertiary/aromatic N) is 1. The van der Waals surface area contributed by atoms with Crippen LogP contribution in [0.15, 0.2) is 85.1 Å². The van der Waals surface area contributed by atoms with E-state index in [1.807, 2.05) is 21.1 Å². The molecule has 0 amide bonds. The average Bonchev–Trinajstić information content (AvgIpc) is 3.17. The van der Waals surface area contributed by atoms with Crippen LogP contribution in [0.5, 0.6) is 0 Å². The maximum Gasteiger partial charge on any atom is 0.362 e. The Hall–Kier alpha value is -3.49. The first-order chi connectivity index (χ1) is 27.6. The Kier molecular flexibility index (Phi) is 36.9. The molecule has 0 heterocycles. The van der Waals surface area contributed by atoms with Gasteiger partial charge in [0, 0.05) is 19.3 Å².